The maximum atomic E-state index is 12.6. The molecule has 0 spiro atoms. The molecule has 2 rings (SSSR count). The molecule has 2 aliphatic rings. The lowest BCUT2D eigenvalue weighted by molar-refractivity contribution is -0.184. The van der Waals surface area contributed by atoms with Gasteiger partial charge in [-0.3, -0.25) is 4.79 Å². The first-order valence-electron chi connectivity index (χ1n) is 7.84. The van der Waals surface area contributed by atoms with E-state index >= 15 is 0 Å². The molecule has 0 aromatic rings. The molecule has 0 aromatic carbocycles. The predicted octanol–water partition coefficient (Wildman–Crippen LogP) is 4.27. The van der Waals surface area contributed by atoms with Crippen LogP contribution in [0, 0.1) is 17.8 Å². The Morgan fingerprint density at radius 3 is 2.10 bits per heavy atom. The van der Waals surface area contributed by atoms with E-state index in [-0.39, 0.29) is 30.0 Å². The topological polar surface area (TPSA) is 29.1 Å². The van der Waals surface area contributed by atoms with Crippen molar-refractivity contribution in [2.24, 2.45) is 17.8 Å². The van der Waals surface area contributed by atoms with Gasteiger partial charge in [0.05, 0.1) is 5.92 Å². The number of rotatable bonds is 3. The third kappa shape index (κ3) is 5.04. The first-order valence-corrected chi connectivity index (χ1v) is 8.28. The summed E-state index contributed by atoms with van der Waals surface area (Å²) in [5.41, 5.74) is 0. The first kappa shape index (κ1) is 16.9. The van der Waals surface area contributed by atoms with Crippen molar-refractivity contribution in [3.8, 4) is 0 Å². The number of amides is 1. The molecule has 122 valence electrons. The smallest absolute Gasteiger partial charge is 0.356 e. The second-order valence-corrected chi connectivity index (χ2v) is 7.07. The van der Waals surface area contributed by atoms with Crippen LogP contribution in [0.2, 0.25) is 0 Å². The van der Waals surface area contributed by atoms with Crippen LogP contribution in [0.4, 0.5) is 13.2 Å². The number of alkyl halides is 4. The van der Waals surface area contributed by atoms with Gasteiger partial charge in [0, 0.05) is 17.8 Å². The second-order valence-electron chi connectivity index (χ2n) is 6.45. The lowest BCUT2D eigenvalue weighted by atomic mass is 9.81. The Morgan fingerprint density at radius 1 is 1.00 bits per heavy atom. The Labute approximate surface area is 128 Å². The summed E-state index contributed by atoms with van der Waals surface area (Å²) in [5, 5.41) is 3.19. The van der Waals surface area contributed by atoms with Crippen molar-refractivity contribution in [3.05, 3.63) is 0 Å². The first-order chi connectivity index (χ1) is 9.86. The molecular weight excluding hydrogens is 303 g/mol. The van der Waals surface area contributed by atoms with Gasteiger partial charge in [-0.05, 0) is 57.3 Å². The van der Waals surface area contributed by atoms with Crippen LogP contribution in [0.15, 0.2) is 0 Å². The zero-order valence-corrected chi connectivity index (χ0v) is 12.8. The maximum absolute atomic E-state index is 12.6. The van der Waals surface area contributed by atoms with E-state index in [2.05, 4.69) is 5.32 Å². The van der Waals surface area contributed by atoms with E-state index < -0.39 is 12.1 Å². The molecule has 0 unspecified atom stereocenters. The zero-order chi connectivity index (χ0) is 15.5. The Hall–Kier alpha value is -0.450. The van der Waals surface area contributed by atoms with Gasteiger partial charge in [-0.25, -0.2) is 0 Å². The standard InChI is InChI=1S/C15H23ClF3NO/c16-13-7-1-10(2-8-13)9-20-14(21)11-3-5-12(6-4-11)15(17,18)19/h10-13H,1-9H2,(H,20,21). The fourth-order valence-electron chi connectivity index (χ4n) is 3.40. The molecule has 2 saturated carbocycles. The third-order valence-electron chi connectivity index (χ3n) is 4.90. The monoisotopic (exact) mass is 325 g/mol. The van der Waals surface area contributed by atoms with Crippen LogP contribution in [-0.4, -0.2) is 24.0 Å². The average molecular weight is 326 g/mol. The van der Waals surface area contributed by atoms with Crippen molar-refractivity contribution < 1.29 is 18.0 Å². The van der Waals surface area contributed by atoms with Gasteiger partial charge in [0.1, 0.15) is 0 Å². The molecule has 21 heavy (non-hydrogen) atoms. The summed E-state index contributed by atoms with van der Waals surface area (Å²) in [6, 6.07) is 0. The summed E-state index contributed by atoms with van der Waals surface area (Å²) < 4.78 is 37.7. The van der Waals surface area contributed by atoms with E-state index in [1.807, 2.05) is 0 Å². The molecule has 6 heteroatoms. The van der Waals surface area contributed by atoms with Gasteiger partial charge < -0.3 is 5.32 Å². The van der Waals surface area contributed by atoms with Gasteiger partial charge in [0.25, 0.3) is 0 Å². The molecule has 1 N–H and O–H groups in total. The Kier molecular flexibility index (Phi) is 5.81. The Balaban J connectivity index is 1.68. The lowest BCUT2D eigenvalue weighted by Gasteiger charge is -2.30. The van der Waals surface area contributed by atoms with Gasteiger partial charge >= 0.3 is 6.18 Å². The number of hydrogen-bond donors (Lipinski definition) is 1. The summed E-state index contributed by atoms with van der Waals surface area (Å²) in [7, 11) is 0. The highest BCUT2D eigenvalue weighted by atomic mass is 35.5. The predicted molar refractivity (Wildman–Crippen MR) is 76.1 cm³/mol. The molecule has 2 aliphatic carbocycles. The number of halogens is 4. The highest BCUT2D eigenvalue weighted by Crippen LogP contribution is 2.39. The van der Waals surface area contributed by atoms with Crippen LogP contribution in [0.1, 0.15) is 51.4 Å². The number of nitrogens with one attached hydrogen (secondary N) is 1. The summed E-state index contributed by atoms with van der Waals surface area (Å²) in [4.78, 5) is 12.0. The number of carbonyl (C=O) groups excluding carboxylic acids is 1. The summed E-state index contributed by atoms with van der Waals surface area (Å²) in [5.74, 6) is -1.06. The zero-order valence-electron chi connectivity index (χ0n) is 12.1. The van der Waals surface area contributed by atoms with E-state index in [9.17, 15) is 18.0 Å². The fourth-order valence-corrected chi connectivity index (χ4v) is 3.65. The lowest BCUT2D eigenvalue weighted by Crippen LogP contribution is -2.38. The van der Waals surface area contributed by atoms with Crippen molar-refractivity contribution in [1.82, 2.24) is 5.32 Å². The highest BCUT2D eigenvalue weighted by molar-refractivity contribution is 6.20. The molecule has 0 radical (unpaired) electrons. The van der Waals surface area contributed by atoms with Gasteiger partial charge in [-0.2, -0.15) is 13.2 Å². The number of hydrogen-bond acceptors (Lipinski definition) is 1. The summed E-state index contributed by atoms with van der Waals surface area (Å²) in [6.45, 7) is 0.641. The molecule has 0 saturated heterocycles. The second kappa shape index (κ2) is 7.21. The van der Waals surface area contributed by atoms with Crippen LogP contribution in [0.5, 0.6) is 0 Å². The minimum Gasteiger partial charge on any atom is -0.356 e. The quantitative estimate of drug-likeness (QED) is 0.771. The normalized spacial score (nSPS) is 34.5. The molecule has 0 aromatic heterocycles. The third-order valence-corrected chi connectivity index (χ3v) is 5.34. The molecule has 0 atom stereocenters. The maximum Gasteiger partial charge on any atom is 0.391 e. The van der Waals surface area contributed by atoms with Crippen molar-refractivity contribution in [3.63, 3.8) is 0 Å². The minimum atomic E-state index is -4.11. The Morgan fingerprint density at radius 2 is 1.57 bits per heavy atom. The van der Waals surface area contributed by atoms with Crippen LogP contribution in [-0.2, 0) is 4.79 Å². The summed E-state index contributed by atoms with van der Waals surface area (Å²) in [6.07, 6.45) is 0.774. The van der Waals surface area contributed by atoms with E-state index in [4.69, 9.17) is 11.6 Å². The van der Waals surface area contributed by atoms with Crippen molar-refractivity contribution in [2.75, 3.05) is 6.54 Å². The van der Waals surface area contributed by atoms with E-state index in [1.54, 1.807) is 0 Å². The van der Waals surface area contributed by atoms with Crippen LogP contribution < -0.4 is 5.32 Å². The summed E-state index contributed by atoms with van der Waals surface area (Å²) >= 11 is 6.04. The van der Waals surface area contributed by atoms with Crippen molar-refractivity contribution in [1.29, 1.82) is 0 Å². The molecular formula is C15H23ClF3NO. The Bertz CT molecular complexity index is 345. The number of carbonyl (C=O) groups is 1. The van der Waals surface area contributed by atoms with Crippen LogP contribution in [0.25, 0.3) is 0 Å². The molecule has 1 amide bonds. The molecule has 2 nitrogen and oxygen atoms in total. The van der Waals surface area contributed by atoms with Crippen LogP contribution in [0.3, 0.4) is 0 Å². The van der Waals surface area contributed by atoms with E-state index in [0.717, 1.165) is 25.7 Å². The SMILES string of the molecule is O=C(NCC1CCC(Cl)CC1)C1CCC(C(F)(F)F)CC1. The largest absolute Gasteiger partial charge is 0.391 e. The average Bonchev–Trinajstić information content (AvgIpc) is 2.45. The highest BCUT2D eigenvalue weighted by Gasteiger charge is 2.42. The van der Waals surface area contributed by atoms with Gasteiger partial charge in [-0.1, -0.05) is 0 Å². The van der Waals surface area contributed by atoms with Gasteiger partial charge in [0.15, 0.2) is 0 Å². The fraction of sp³-hybridized carbons (Fsp3) is 0.933. The van der Waals surface area contributed by atoms with E-state index in [0.29, 0.717) is 25.3 Å². The van der Waals surface area contributed by atoms with Crippen molar-refractivity contribution in [2.45, 2.75) is 62.9 Å². The minimum absolute atomic E-state index is 0.0661. The molecule has 0 heterocycles. The molecule has 0 aliphatic heterocycles. The molecule has 2 fully saturated rings. The van der Waals surface area contributed by atoms with Gasteiger partial charge in [0.2, 0.25) is 5.91 Å². The molecule has 0 bridgehead atoms. The van der Waals surface area contributed by atoms with Crippen LogP contribution >= 0.6 is 11.6 Å². The van der Waals surface area contributed by atoms with Gasteiger partial charge in [-0.15, -0.1) is 11.6 Å². The van der Waals surface area contributed by atoms with Crippen molar-refractivity contribution >= 4 is 17.5 Å². The van der Waals surface area contributed by atoms with E-state index in [1.165, 1.54) is 0 Å².